The highest BCUT2D eigenvalue weighted by Crippen LogP contribution is 2.33. The van der Waals surface area contributed by atoms with Crippen LogP contribution in [0.5, 0.6) is 11.5 Å². The number of benzene rings is 2. The van der Waals surface area contributed by atoms with E-state index in [0.29, 0.717) is 22.0 Å². The van der Waals surface area contributed by atoms with Crippen LogP contribution in [0.1, 0.15) is 0 Å². The number of hydrogen-bond acceptors (Lipinski definition) is 3. The molecule has 0 saturated heterocycles. The van der Waals surface area contributed by atoms with Crippen molar-refractivity contribution in [3.05, 3.63) is 47.0 Å². The van der Waals surface area contributed by atoms with Gasteiger partial charge in [-0.3, -0.25) is 4.57 Å². The summed E-state index contributed by atoms with van der Waals surface area (Å²) in [7, 11) is 3.14. The van der Waals surface area contributed by atoms with Crippen molar-refractivity contribution in [2.45, 2.75) is 0 Å². The lowest BCUT2D eigenvalue weighted by Gasteiger charge is -2.09. The fraction of sp³-hybridized carbons (Fsp3) is 0.133. The molecular formula is C15H13FN2O2S. The molecule has 6 heteroatoms. The number of nitrogens with zero attached hydrogens (tertiary/aromatic N) is 1. The molecule has 0 aliphatic heterocycles. The summed E-state index contributed by atoms with van der Waals surface area (Å²) in [5.41, 5.74) is 2.24. The molecule has 0 saturated carbocycles. The zero-order valence-electron chi connectivity index (χ0n) is 11.5. The highest BCUT2D eigenvalue weighted by molar-refractivity contribution is 7.71. The second kappa shape index (κ2) is 5.21. The average molecular weight is 304 g/mol. The van der Waals surface area contributed by atoms with Gasteiger partial charge in [-0.2, -0.15) is 0 Å². The summed E-state index contributed by atoms with van der Waals surface area (Å²) in [5.74, 6) is 0.876. The van der Waals surface area contributed by atoms with E-state index in [9.17, 15) is 4.39 Å². The third-order valence-corrected chi connectivity index (χ3v) is 3.54. The number of imidazole rings is 1. The molecule has 2 aromatic carbocycles. The Morgan fingerprint density at radius 1 is 1.10 bits per heavy atom. The molecule has 3 rings (SSSR count). The lowest BCUT2D eigenvalue weighted by Crippen LogP contribution is -1.96. The fourth-order valence-electron chi connectivity index (χ4n) is 2.31. The Labute approximate surface area is 125 Å². The van der Waals surface area contributed by atoms with Gasteiger partial charge in [-0.1, -0.05) is 6.07 Å². The standard InChI is InChI=1S/C15H13FN2O2S/c1-19-13-7-11-12(8-14(13)20-2)18(15(21)17-11)10-5-3-4-9(16)6-10/h3-8H,1-2H3,(H,17,21). The first kappa shape index (κ1) is 13.6. The summed E-state index contributed by atoms with van der Waals surface area (Å²) < 4.78 is 26.3. The first-order chi connectivity index (χ1) is 10.1. The van der Waals surface area contributed by atoms with Gasteiger partial charge in [0.1, 0.15) is 5.82 Å². The minimum Gasteiger partial charge on any atom is -0.493 e. The van der Waals surface area contributed by atoms with E-state index in [1.807, 2.05) is 6.07 Å². The number of aromatic nitrogens is 2. The van der Waals surface area contributed by atoms with Gasteiger partial charge < -0.3 is 14.5 Å². The van der Waals surface area contributed by atoms with Crippen LogP contribution in [0.3, 0.4) is 0 Å². The molecule has 0 unspecified atom stereocenters. The number of rotatable bonds is 3. The van der Waals surface area contributed by atoms with Gasteiger partial charge in [-0.25, -0.2) is 4.39 Å². The summed E-state index contributed by atoms with van der Waals surface area (Å²) >= 11 is 5.34. The van der Waals surface area contributed by atoms with Gasteiger partial charge in [0.25, 0.3) is 0 Å². The van der Waals surface area contributed by atoms with E-state index in [1.165, 1.54) is 12.1 Å². The van der Waals surface area contributed by atoms with Crippen LogP contribution >= 0.6 is 12.2 Å². The monoisotopic (exact) mass is 304 g/mol. The van der Waals surface area contributed by atoms with Gasteiger partial charge in [-0.15, -0.1) is 0 Å². The van der Waals surface area contributed by atoms with E-state index in [2.05, 4.69) is 4.98 Å². The van der Waals surface area contributed by atoms with Gasteiger partial charge >= 0.3 is 0 Å². The Kier molecular flexibility index (Phi) is 3.39. The molecule has 0 atom stereocenters. The molecule has 4 nitrogen and oxygen atoms in total. The maximum Gasteiger partial charge on any atom is 0.182 e. The van der Waals surface area contributed by atoms with Crippen LogP contribution in [0.25, 0.3) is 16.7 Å². The third-order valence-electron chi connectivity index (χ3n) is 3.25. The smallest absolute Gasteiger partial charge is 0.182 e. The highest BCUT2D eigenvalue weighted by atomic mass is 32.1. The lowest BCUT2D eigenvalue weighted by atomic mass is 10.2. The van der Waals surface area contributed by atoms with E-state index in [4.69, 9.17) is 21.7 Å². The van der Waals surface area contributed by atoms with Crippen molar-refractivity contribution < 1.29 is 13.9 Å². The molecule has 0 fully saturated rings. The van der Waals surface area contributed by atoms with Crippen molar-refractivity contribution in [1.82, 2.24) is 9.55 Å². The summed E-state index contributed by atoms with van der Waals surface area (Å²) in [6, 6.07) is 9.88. The molecule has 1 aromatic heterocycles. The van der Waals surface area contributed by atoms with Gasteiger partial charge in [0.2, 0.25) is 0 Å². The lowest BCUT2D eigenvalue weighted by molar-refractivity contribution is 0.355. The van der Waals surface area contributed by atoms with Crippen molar-refractivity contribution in [2.24, 2.45) is 0 Å². The minimum absolute atomic E-state index is 0.316. The molecule has 0 aliphatic carbocycles. The van der Waals surface area contributed by atoms with E-state index in [1.54, 1.807) is 37.0 Å². The van der Waals surface area contributed by atoms with E-state index in [-0.39, 0.29) is 5.82 Å². The van der Waals surface area contributed by atoms with Gasteiger partial charge in [-0.05, 0) is 30.4 Å². The molecule has 108 valence electrons. The highest BCUT2D eigenvalue weighted by Gasteiger charge is 2.12. The number of aromatic amines is 1. The summed E-state index contributed by atoms with van der Waals surface area (Å²) in [5, 5.41) is 0. The summed E-state index contributed by atoms with van der Waals surface area (Å²) in [6.45, 7) is 0. The zero-order valence-corrected chi connectivity index (χ0v) is 12.3. The molecule has 0 amide bonds. The molecule has 3 aromatic rings. The van der Waals surface area contributed by atoms with Crippen LogP contribution in [0, 0.1) is 10.6 Å². The molecule has 0 radical (unpaired) electrons. The first-order valence-electron chi connectivity index (χ1n) is 6.26. The maximum atomic E-state index is 13.5. The first-order valence-corrected chi connectivity index (χ1v) is 6.67. The molecule has 1 heterocycles. The second-order valence-corrected chi connectivity index (χ2v) is 4.86. The Hall–Kier alpha value is -2.34. The number of hydrogen-bond donors (Lipinski definition) is 1. The second-order valence-electron chi connectivity index (χ2n) is 4.47. The average Bonchev–Trinajstić information content (AvgIpc) is 2.80. The largest absolute Gasteiger partial charge is 0.493 e. The van der Waals surface area contributed by atoms with Crippen LogP contribution in [0.4, 0.5) is 4.39 Å². The molecule has 0 aliphatic rings. The van der Waals surface area contributed by atoms with Gasteiger partial charge in [0.05, 0.1) is 30.9 Å². The fourth-order valence-corrected chi connectivity index (χ4v) is 2.62. The van der Waals surface area contributed by atoms with E-state index >= 15 is 0 Å². The van der Waals surface area contributed by atoms with Crippen LogP contribution in [-0.4, -0.2) is 23.8 Å². The van der Waals surface area contributed by atoms with E-state index in [0.717, 1.165) is 11.0 Å². The Bertz CT molecular complexity index is 870. The summed E-state index contributed by atoms with van der Waals surface area (Å²) in [4.78, 5) is 3.09. The van der Waals surface area contributed by atoms with Crippen molar-refractivity contribution >= 4 is 23.3 Å². The number of H-pyrrole nitrogens is 1. The third kappa shape index (κ3) is 2.27. The molecule has 0 spiro atoms. The van der Waals surface area contributed by atoms with Crippen molar-refractivity contribution in [3.8, 4) is 17.2 Å². The number of methoxy groups -OCH3 is 2. The van der Waals surface area contributed by atoms with Gasteiger partial charge in [0, 0.05) is 12.1 Å². The molecule has 1 N–H and O–H groups in total. The van der Waals surface area contributed by atoms with E-state index < -0.39 is 0 Å². The van der Waals surface area contributed by atoms with Crippen LogP contribution < -0.4 is 9.47 Å². The van der Waals surface area contributed by atoms with Crippen LogP contribution in [0.15, 0.2) is 36.4 Å². The molecular weight excluding hydrogens is 291 g/mol. The van der Waals surface area contributed by atoms with Gasteiger partial charge in [0.15, 0.2) is 16.3 Å². The molecule has 0 bridgehead atoms. The Balaban J connectivity index is 2.33. The number of halogens is 1. The topological polar surface area (TPSA) is 39.2 Å². The molecule has 21 heavy (non-hydrogen) atoms. The Morgan fingerprint density at radius 3 is 2.48 bits per heavy atom. The van der Waals surface area contributed by atoms with Crippen molar-refractivity contribution in [3.63, 3.8) is 0 Å². The quantitative estimate of drug-likeness (QED) is 0.747. The predicted octanol–water partition coefficient (Wildman–Crippen LogP) is 3.84. The predicted molar refractivity (Wildman–Crippen MR) is 81.5 cm³/mol. The normalized spacial score (nSPS) is 10.8. The van der Waals surface area contributed by atoms with Crippen molar-refractivity contribution in [1.29, 1.82) is 0 Å². The SMILES string of the molecule is COc1cc2[nH]c(=S)n(-c3cccc(F)c3)c2cc1OC. The summed E-state index contributed by atoms with van der Waals surface area (Å²) in [6.07, 6.45) is 0. The zero-order chi connectivity index (χ0) is 15.0. The van der Waals surface area contributed by atoms with Crippen molar-refractivity contribution in [2.75, 3.05) is 14.2 Å². The minimum atomic E-state index is -0.316. The maximum absolute atomic E-state index is 13.5. The Morgan fingerprint density at radius 2 is 1.81 bits per heavy atom. The van der Waals surface area contributed by atoms with Crippen LogP contribution in [-0.2, 0) is 0 Å². The number of fused-ring (bicyclic) bond motifs is 1. The number of ether oxygens (including phenoxy) is 2. The number of nitrogens with one attached hydrogen (secondary N) is 1. The van der Waals surface area contributed by atoms with Crippen LogP contribution in [0.2, 0.25) is 0 Å².